The van der Waals surface area contributed by atoms with Crippen molar-refractivity contribution in [3.8, 4) is 5.75 Å². The Morgan fingerprint density at radius 3 is 2.00 bits per heavy atom. The minimum absolute atomic E-state index is 0.0416. The molecule has 26 heavy (non-hydrogen) atoms. The van der Waals surface area contributed by atoms with Crippen LogP contribution in [0.5, 0.6) is 5.75 Å². The smallest absolute Gasteiger partial charge is 0.379 e. The molecule has 0 heterocycles. The summed E-state index contributed by atoms with van der Waals surface area (Å²) in [6.07, 6.45) is 0. The number of hydrogen-bond acceptors (Lipinski definition) is 5. The van der Waals surface area contributed by atoms with Gasteiger partial charge in [0.1, 0.15) is 19.0 Å². The molecule has 0 aliphatic carbocycles. The third-order valence-corrected chi connectivity index (χ3v) is 3.60. The fourth-order valence-electron chi connectivity index (χ4n) is 2.20. The van der Waals surface area contributed by atoms with Crippen LogP contribution in [0, 0.1) is 5.41 Å². The van der Waals surface area contributed by atoms with Crippen molar-refractivity contribution in [3.63, 3.8) is 0 Å². The highest BCUT2D eigenvalue weighted by Gasteiger charge is 2.22. The summed E-state index contributed by atoms with van der Waals surface area (Å²) in [6.45, 7) is 5.67. The molecule has 5 heteroatoms. The Morgan fingerprint density at radius 2 is 1.42 bits per heavy atom. The summed E-state index contributed by atoms with van der Waals surface area (Å²) in [4.78, 5) is 35.7. The van der Waals surface area contributed by atoms with Gasteiger partial charge in [0, 0.05) is 16.5 Å². The summed E-state index contributed by atoms with van der Waals surface area (Å²) in [6, 6.07) is 15.0. The van der Waals surface area contributed by atoms with Gasteiger partial charge < -0.3 is 9.47 Å². The number of carbonyl (C=O) groups excluding carboxylic acids is 3. The highest BCUT2D eigenvalue weighted by molar-refractivity contribution is 6.40. The first-order valence-electron chi connectivity index (χ1n) is 8.33. The predicted octanol–water partition coefficient (Wildman–Crippen LogP) is 3.72. The molecule has 0 amide bonds. The lowest BCUT2D eigenvalue weighted by Gasteiger charge is -2.16. The van der Waals surface area contributed by atoms with Crippen molar-refractivity contribution in [1.29, 1.82) is 0 Å². The number of benzene rings is 2. The van der Waals surface area contributed by atoms with Gasteiger partial charge in [0.05, 0.1) is 0 Å². The number of hydrogen-bond donors (Lipinski definition) is 0. The van der Waals surface area contributed by atoms with E-state index in [-0.39, 0.29) is 24.6 Å². The minimum atomic E-state index is -0.911. The first kappa shape index (κ1) is 19.4. The van der Waals surface area contributed by atoms with Crippen molar-refractivity contribution in [3.05, 3.63) is 65.7 Å². The van der Waals surface area contributed by atoms with E-state index < -0.39 is 17.2 Å². The van der Waals surface area contributed by atoms with Gasteiger partial charge >= 0.3 is 5.97 Å². The van der Waals surface area contributed by atoms with Crippen LogP contribution in [-0.4, -0.2) is 30.7 Å². The summed E-state index contributed by atoms with van der Waals surface area (Å²) < 4.78 is 10.4. The number of rotatable bonds is 7. The van der Waals surface area contributed by atoms with Crippen LogP contribution >= 0.6 is 0 Å². The lowest BCUT2D eigenvalue weighted by molar-refractivity contribution is -0.138. The van der Waals surface area contributed by atoms with E-state index >= 15 is 0 Å². The zero-order valence-corrected chi connectivity index (χ0v) is 15.2. The molecule has 0 saturated heterocycles. The molecule has 2 aromatic rings. The first-order chi connectivity index (χ1) is 12.3. The van der Waals surface area contributed by atoms with Crippen molar-refractivity contribution in [2.24, 2.45) is 5.41 Å². The summed E-state index contributed by atoms with van der Waals surface area (Å²) in [5.41, 5.74) is 0.462. The SMILES string of the molecule is CC(C)(C)C(=O)c1ccc(OCCOC(=O)C(=O)c2ccccc2)cc1. The first-order valence-corrected chi connectivity index (χ1v) is 8.33. The maximum absolute atomic E-state index is 12.2. The van der Waals surface area contributed by atoms with Gasteiger partial charge in [0.2, 0.25) is 0 Å². The second kappa shape index (κ2) is 8.43. The van der Waals surface area contributed by atoms with Gasteiger partial charge in [-0.05, 0) is 24.3 Å². The molecule has 136 valence electrons. The van der Waals surface area contributed by atoms with Gasteiger partial charge in [-0.2, -0.15) is 0 Å². The highest BCUT2D eigenvalue weighted by Crippen LogP contribution is 2.22. The summed E-state index contributed by atoms with van der Waals surface area (Å²) in [5, 5.41) is 0. The van der Waals surface area contributed by atoms with Crippen LogP contribution in [0.25, 0.3) is 0 Å². The van der Waals surface area contributed by atoms with Gasteiger partial charge in [-0.1, -0.05) is 51.1 Å². The predicted molar refractivity (Wildman–Crippen MR) is 97.5 cm³/mol. The summed E-state index contributed by atoms with van der Waals surface area (Å²) in [5.74, 6) is -0.986. The summed E-state index contributed by atoms with van der Waals surface area (Å²) >= 11 is 0. The molecule has 0 unspecified atom stereocenters. The molecule has 2 rings (SSSR count). The topological polar surface area (TPSA) is 69.7 Å². The van der Waals surface area contributed by atoms with E-state index in [9.17, 15) is 14.4 Å². The Kier molecular flexibility index (Phi) is 6.28. The van der Waals surface area contributed by atoms with E-state index in [4.69, 9.17) is 9.47 Å². The third-order valence-electron chi connectivity index (χ3n) is 3.60. The van der Waals surface area contributed by atoms with Crippen molar-refractivity contribution in [1.82, 2.24) is 0 Å². The normalized spacial score (nSPS) is 10.9. The van der Waals surface area contributed by atoms with Gasteiger partial charge in [0.25, 0.3) is 5.78 Å². The molecule has 2 aromatic carbocycles. The molecule has 0 saturated carbocycles. The zero-order valence-electron chi connectivity index (χ0n) is 15.2. The van der Waals surface area contributed by atoms with Crippen LogP contribution in [0.15, 0.2) is 54.6 Å². The standard InChI is InChI=1S/C21H22O5/c1-21(2,3)19(23)16-9-11-17(12-10-16)25-13-14-26-20(24)18(22)15-7-5-4-6-8-15/h4-12H,13-14H2,1-3H3. The largest absolute Gasteiger partial charge is 0.490 e. The van der Waals surface area contributed by atoms with Crippen molar-refractivity contribution in [2.45, 2.75) is 20.8 Å². The van der Waals surface area contributed by atoms with Crippen LogP contribution in [0.3, 0.4) is 0 Å². The van der Waals surface area contributed by atoms with E-state index in [1.165, 1.54) is 0 Å². The zero-order chi connectivity index (χ0) is 19.2. The molecule has 0 fully saturated rings. The Labute approximate surface area is 152 Å². The van der Waals surface area contributed by atoms with E-state index in [1.807, 2.05) is 20.8 Å². The summed E-state index contributed by atoms with van der Waals surface area (Å²) in [7, 11) is 0. The van der Waals surface area contributed by atoms with Crippen LogP contribution in [0.1, 0.15) is 41.5 Å². The van der Waals surface area contributed by atoms with Crippen LogP contribution in [0.4, 0.5) is 0 Å². The second-order valence-electron chi connectivity index (χ2n) is 6.78. The lowest BCUT2D eigenvalue weighted by atomic mass is 9.86. The number of ether oxygens (including phenoxy) is 2. The van der Waals surface area contributed by atoms with Crippen LogP contribution < -0.4 is 4.74 Å². The van der Waals surface area contributed by atoms with Crippen molar-refractivity contribution < 1.29 is 23.9 Å². The molecular weight excluding hydrogens is 332 g/mol. The fraction of sp³-hybridized carbons (Fsp3) is 0.286. The Bertz CT molecular complexity index is 770. The van der Waals surface area contributed by atoms with Crippen molar-refractivity contribution in [2.75, 3.05) is 13.2 Å². The lowest BCUT2D eigenvalue weighted by Crippen LogP contribution is -2.20. The number of ketones is 2. The van der Waals surface area contributed by atoms with E-state index in [1.54, 1.807) is 54.6 Å². The van der Waals surface area contributed by atoms with E-state index in [2.05, 4.69) is 0 Å². The van der Waals surface area contributed by atoms with Crippen LogP contribution in [0.2, 0.25) is 0 Å². The molecule has 0 aliphatic heterocycles. The average molecular weight is 354 g/mol. The number of Topliss-reactive ketones (excluding diaryl/α,β-unsaturated/α-hetero) is 2. The fourth-order valence-corrected chi connectivity index (χ4v) is 2.20. The Hall–Kier alpha value is -2.95. The quantitative estimate of drug-likeness (QED) is 0.328. The van der Waals surface area contributed by atoms with Crippen molar-refractivity contribution >= 4 is 17.5 Å². The van der Waals surface area contributed by atoms with Gasteiger partial charge in [-0.15, -0.1) is 0 Å². The average Bonchev–Trinajstić information content (AvgIpc) is 2.64. The van der Waals surface area contributed by atoms with Crippen LogP contribution in [-0.2, 0) is 9.53 Å². The Morgan fingerprint density at radius 1 is 0.808 bits per heavy atom. The maximum atomic E-state index is 12.2. The van der Waals surface area contributed by atoms with E-state index in [0.717, 1.165) is 0 Å². The molecule has 0 atom stereocenters. The molecule has 5 nitrogen and oxygen atoms in total. The molecular formula is C21H22O5. The Balaban J connectivity index is 1.79. The molecule has 0 bridgehead atoms. The third kappa shape index (κ3) is 5.28. The monoisotopic (exact) mass is 354 g/mol. The number of esters is 1. The van der Waals surface area contributed by atoms with Gasteiger partial charge in [-0.25, -0.2) is 4.79 Å². The highest BCUT2D eigenvalue weighted by atomic mass is 16.6. The molecule has 0 radical (unpaired) electrons. The molecule has 0 spiro atoms. The number of carbonyl (C=O) groups is 3. The van der Waals surface area contributed by atoms with E-state index in [0.29, 0.717) is 11.3 Å². The molecule has 0 aliphatic rings. The minimum Gasteiger partial charge on any atom is -0.490 e. The maximum Gasteiger partial charge on any atom is 0.379 e. The van der Waals surface area contributed by atoms with Gasteiger partial charge in [-0.3, -0.25) is 9.59 Å². The molecule has 0 N–H and O–H groups in total. The second-order valence-corrected chi connectivity index (χ2v) is 6.78. The molecule has 0 aromatic heterocycles. The van der Waals surface area contributed by atoms with Gasteiger partial charge in [0.15, 0.2) is 5.78 Å².